The number of nitrogens with two attached hydrogens (primary N) is 1. The van der Waals surface area contributed by atoms with E-state index in [4.69, 9.17) is 14.9 Å². The van der Waals surface area contributed by atoms with E-state index in [1.807, 2.05) is 0 Å². The molecule has 0 unspecified atom stereocenters. The van der Waals surface area contributed by atoms with Crippen molar-refractivity contribution < 1.29 is 9.15 Å². The van der Waals surface area contributed by atoms with Crippen molar-refractivity contribution in [1.82, 2.24) is 15.2 Å². The molecule has 102 valence electrons. The molecule has 0 aliphatic carbocycles. The number of benzene rings is 1. The lowest BCUT2D eigenvalue weighted by atomic mass is 10.3. The van der Waals surface area contributed by atoms with Gasteiger partial charge in [0.05, 0.1) is 0 Å². The van der Waals surface area contributed by atoms with E-state index in [1.165, 1.54) is 0 Å². The summed E-state index contributed by atoms with van der Waals surface area (Å²) in [7, 11) is 0. The molecule has 0 aliphatic heterocycles. The van der Waals surface area contributed by atoms with Gasteiger partial charge in [0.1, 0.15) is 12.4 Å². The van der Waals surface area contributed by atoms with Gasteiger partial charge in [-0.2, -0.15) is 0 Å². The third-order valence-electron chi connectivity index (χ3n) is 2.58. The van der Waals surface area contributed by atoms with Crippen molar-refractivity contribution in [2.75, 3.05) is 5.73 Å². The lowest BCUT2D eigenvalue weighted by Crippen LogP contribution is -1.97. The van der Waals surface area contributed by atoms with Crippen LogP contribution in [0.5, 0.6) is 5.75 Å². The Morgan fingerprint density at radius 3 is 2.70 bits per heavy atom. The van der Waals surface area contributed by atoms with Crippen LogP contribution in [-0.4, -0.2) is 15.2 Å². The predicted octanol–water partition coefficient (Wildman–Crippen LogP) is 2.99. The van der Waals surface area contributed by atoms with Gasteiger partial charge in [0.25, 0.3) is 0 Å². The molecule has 6 nitrogen and oxygen atoms in total. The Kier molecular flexibility index (Phi) is 3.42. The first-order chi connectivity index (χ1) is 9.70. The number of aromatic amines is 1. The molecule has 3 N–H and O–H groups in total. The number of ether oxygens (including phenoxy) is 1. The van der Waals surface area contributed by atoms with Gasteiger partial charge in [0.2, 0.25) is 5.82 Å². The highest BCUT2D eigenvalue weighted by molar-refractivity contribution is 9.10. The van der Waals surface area contributed by atoms with Crippen LogP contribution >= 0.6 is 15.9 Å². The number of nitrogens with zero attached hydrogens (tertiary/aromatic N) is 2. The Morgan fingerprint density at radius 2 is 2.00 bits per heavy atom. The van der Waals surface area contributed by atoms with Crippen LogP contribution < -0.4 is 10.5 Å². The van der Waals surface area contributed by atoms with Gasteiger partial charge >= 0.3 is 0 Å². The van der Waals surface area contributed by atoms with Crippen LogP contribution in [0.3, 0.4) is 0 Å². The van der Waals surface area contributed by atoms with Crippen molar-refractivity contribution in [3.63, 3.8) is 0 Å². The van der Waals surface area contributed by atoms with Crippen LogP contribution in [0.25, 0.3) is 11.6 Å². The van der Waals surface area contributed by atoms with Gasteiger partial charge < -0.3 is 14.9 Å². The standard InChI is InChI=1S/C13H11BrN4O2/c14-11-6-5-10(20-11)13-16-12(17-18-13)7-19-9-3-1-8(15)2-4-9/h1-6H,7,15H2,(H,16,17,18). The topological polar surface area (TPSA) is 90.0 Å². The van der Waals surface area contributed by atoms with E-state index < -0.39 is 0 Å². The highest BCUT2D eigenvalue weighted by Gasteiger charge is 2.10. The molecule has 0 saturated heterocycles. The maximum absolute atomic E-state index is 5.61. The van der Waals surface area contributed by atoms with E-state index >= 15 is 0 Å². The Bertz CT molecular complexity index is 705. The summed E-state index contributed by atoms with van der Waals surface area (Å²) in [6.07, 6.45) is 0. The smallest absolute Gasteiger partial charge is 0.217 e. The molecule has 20 heavy (non-hydrogen) atoms. The second-order valence-corrected chi connectivity index (χ2v) is 4.85. The number of rotatable bonds is 4. The summed E-state index contributed by atoms with van der Waals surface area (Å²) in [6, 6.07) is 10.7. The number of halogens is 1. The minimum absolute atomic E-state index is 0.290. The van der Waals surface area contributed by atoms with E-state index in [2.05, 4.69) is 31.1 Å². The highest BCUT2D eigenvalue weighted by atomic mass is 79.9. The average molecular weight is 335 g/mol. The van der Waals surface area contributed by atoms with Gasteiger partial charge in [-0.05, 0) is 52.3 Å². The molecule has 3 rings (SSSR count). The second kappa shape index (κ2) is 5.38. The number of hydrogen-bond acceptors (Lipinski definition) is 5. The van der Waals surface area contributed by atoms with Crippen LogP contribution in [0.1, 0.15) is 5.82 Å². The minimum Gasteiger partial charge on any atom is -0.486 e. The first kappa shape index (κ1) is 12.7. The fourth-order valence-electron chi connectivity index (χ4n) is 1.62. The van der Waals surface area contributed by atoms with E-state index in [-0.39, 0.29) is 0 Å². The highest BCUT2D eigenvalue weighted by Crippen LogP contribution is 2.22. The van der Waals surface area contributed by atoms with Crippen molar-refractivity contribution in [3.05, 3.63) is 46.9 Å². The molecule has 0 fully saturated rings. The summed E-state index contributed by atoms with van der Waals surface area (Å²) >= 11 is 3.24. The summed E-state index contributed by atoms with van der Waals surface area (Å²) in [5.74, 6) is 2.42. The average Bonchev–Trinajstić information content (AvgIpc) is 3.07. The SMILES string of the molecule is Nc1ccc(OCc2nc(-c3ccc(Br)o3)n[nH]2)cc1. The molecule has 3 aromatic rings. The summed E-state index contributed by atoms with van der Waals surface area (Å²) in [4.78, 5) is 4.30. The van der Waals surface area contributed by atoms with Crippen molar-refractivity contribution in [2.24, 2.45) is 0 Å². The fourth-order valence-corrected chi connectivity index (χ4v) is 1.93. The van der Waals surface area contributed by atoms with Gasteiger partial charge in [-0.1, -0.05) is 0 Å². The molecule has 0 amide bonds. The maximum Gasteiger partial charge on any atom is 0.217 e. The molecular weight excluding hydrogens is 324 g/mol. The molecule has 0 spiro atoms. The largest absolute Gasteiger partial charge is 0.486 e. The number of aromatic nitrogens is 3. The first-order valence-corrected chi connectivity index (χ1v) is 6.65. The van der Waals surface area contributed by atoms with Gasteiger partial charge in [0, 0.05) is 5.69 Å². The molecule has 7 heteroatoms. The van der Waals surface area contributed by atoms with Crippen molar-refractivity contribution in [3.8, 4) is 17.3 Å². The van der Waals surface area contributed by atoms with E-state index in [0.29, 0.717) is 34.4 Å². The molecule has 2 aromatic heterocycles. The maximum atomic E-state index is 5.61. The van der Waals surface area contributed by atoms with Crippen molar-refractivity contribution >= 4 is 21.6 Å². The molecule has 2 heterocycles. The van der Waals surface area contributed by atoms with Gasteiger partial charge in [-0.3, -0.25) is 5.10 Å². The fraction of sp³-hybridized carbons (Fsp3) is 0.0769. The quantitative estimate of drug-likeness (QED) is 0.716. The minimum atomic E-state index is 0.290. The lowest BCUT2D eigenvalue weighted by Gasteiger charge is -2.03. The number of furan rings is 1. The van der Waals surface area contributed by atoms with Gasteiger partial charge in [0.15, 0.2) is 16.3 Å². The van der Waals surface area contributed by atoms with Gasteiger partial charge in [-0.15, -0.1) is 5.10 Å². The van der Waals surface area contributed by atoms with Gasteiger partial charge in [-0.25, -0.2) is 4.98 Å². The van der Waals surface area contributed by atoms with Crippen LogP contribution in [0, 0.1) is 0 Å². The zero-order valence-electron chi connectivity index (χ0n) is 10.3. The summed E-state index contributed by atoms with van der Waals surface area (Å²) in [5.41, 5.74) is 6.30. The summed E-state index contributed by atoms with van der Waals surface area (Å²) in [5, 5.41) is 6.88. The number of H-pyrrole nitrogens is 1. The molecule has 0 radical (unpaired) electrons. The zero-order chi connectivity index (χ0) is 13.9. The molecule has 0 saturated carbocycles. The van der Waals surface area contributed by atoms with E-state index in [9.17, 15) is 0 Å². The third-order valence-corrected chi connectivity index (χ3v) is 3.01. The summed E-state index contributed by atoms with van der Waals surface area (Å²) < 4.78 is 11.6. The number of nitrogen functional groups attached to an aromatic ring is 1. The lowest BCUT2D eigenvalue weighted by molar-refractivity contribution is 0.296. The van der Waals surface area contributed by atoms with Crippen LogP contribution in [0.2, 0.25) is 0 Å². The third kappa shape index (κ3) is 2.83. The zero-order valence-corrected chi connectivity index (χ0v) is 11.9. The van der Waals surface area contributed by atoms with Crippen molar-refractivity contribution in [2.45, 2.75) is 6.61 Å². The molecule has 0 aliphatic rings. The van der Waals surface area contributed by atoms with Crippen molar-refractivity contribution in [1.29, 1.82) is 0 Å². The monoisotopic (exact) mass is 334 g/mol. The van der Waals surface area contributed by atoms with E-state index in [1.54, 1.807) is 36.4 Å². The number of hydrogen-bond donors (Lipinski definition) is 2. The Hall–Kier alpha value is -2.28. The second-order valence-electron chi connectivity index (χ2n) is 4.07. The molecule has 0 atom stereocenters. The Labute approximate surface area is 123 Å². The normalized spacial score (nSPS) is 10.7. The van der Waals surface area contributed by atoms with Crippen LogP contribution in [0.15, 0.2) is 45.5 Å². The first-order valence-electron chi connectivity index (χ1n) is 5.86. The predicted molar refractivity (Wildman–Crippen MR) is 77.0 cm³/mol. The van der Waals surface area contributed by atoms with Crippen LogP contribution in [-0.2, 0) is 6.61 Å². The number of nitrogens with one attached hydrogen (secondary N) is 1. The molecule has 0 bridgehead atoms. The molecule has 1 aromatic carbocycles. The Morgan fingerprint density at radius 1 is 1.20 bits per heavy atom. The summed E-state index contributed by atoms with van der Waals surface area (Å²) in [6.45, 7) is 0.290. The Balaban J connectivity index is 1.67. The number of anilines is 1. The van der Waals surface area contributed by atoms with Crippen LogP contribution in [0.4, 0.5) is 5.69 Å². The van der Waals surface area contributed by atoms with E-state index in [0.717, 1.165) is 5.75 Å². The molecular formula is C13H11BrN4O2.